The van der Waals surface area contributed by atoms with Crippen LogP contribution in [0.1, 0.15) is 6.92 Å². The normalized spacial score (nSPS) is 9.80. The van der Waals surface area contributed by atoms with Gasteiger partial charge in [0.1, 0.15) is 5.75 Å². The zero-order chi connectivity index (χ0) is 11.3. The standard InChI is InChI=1S/C10H10Br2O3/c1-2-14-9(13)6-15-10-7(11)4-3-5-8(10)12/h3-5H,2,6H2,1H3. The molecule has 5 heteroatoms. The molecular formula is C10H10Br2O3. The summed E-state index contributed by atoms with van der Waals surface area (Å²) in [6.45, 7) is 2.03. The molecule has 1 aromatic carbocycles. The van der Waals surface area contributed by atoms with Crippen LogP contribution in [-0.4, -0.2) is 19.2 Å². The monoisotopic (exact) mass is 336 g/mol. The van der Waals surface area contributed by atoms with Gasteiger partial charge in [0.15, 0.2) is 6.61 Å². The molecule has 0 fully saturated rings. The summed E-state index contributed by atoms with van der Waals surface area (Å²) in [5.41, 5.74) is 0. The number of benzene rings is 1. The van der Waals surface area contributed by atoms with E-state index in [1.54, 1.807) is 6.92 Å². The van der Waals surface area contributed by atoms with Gasteiger partial charge in [0.05, 0.1) is 15.6 Å². The number of hydrogen-bond acceptors (Lipinski definition) is 3. The third kappa shape index (κ3) is 3.83. The number of halogens is 2. The van der Waals surface area contributed by atoms with E-state index in [0.29, 0.717) is 12.4 Å². The van der Waals surface area contributed by atoms with Gasteiger partial charge in [-0.1, -0.05) is 6.07 Å². The van der Waals surface area contributed by atoms with E-state index in [0.717, 1.165) is 8.95 Å². The molecule has 0 atom stereocenters. The molecule has 1 aromatic rings. The Balaban J connectivity index is 2.61. The van der Waals surface area contributed by atoms with Gasteiger partial charge in [-0.2, -0.15) is 0 Å². The van der Waals surface area contributed by atoms with Crippen LogP contribution in [0.15, 0.2) is 27.1 Å². The van der Waals surface area contributed by atoms with Gasteiger partial charge in [-0.25, -0.2) is 4.79 Å². The second-order valence-corrected chi connectivity index (χ2v) is 4.35. The van der Waals surface area contributed by atoms with Gasteiger partial charge in [-0.3, -0.25) is 0 Å². The highest BCUT2D eigenvalue weighted by Crippen LogP contribution is 2.32. The summed E-state index contributed by atoms with van der Waals surface area (Å²) in [6.07, 6.45) is 0. The van der Waals surface area contributed by atoms with E-state index in [4.69, 9.17) is 9.47 Å². The molecule has 82 valence electrons. The van der Waals surface area contributed by atoms with Crippen LogP contribution in [0.25, 0.3) is 0 Å². The van der Waals surface area contributed by atoms with E-state index < -0.39 is 0 Å². The minimum atomic E-state index is -0.375. The smallest absolute Gasteiger partial charge is 0.344 e. The van der Waals surface area contributed by atoms with Crippen molar-refractivity contribution in [2.75, 3.05) is 13.2 Å². The Kier molecular flexibility index (Phi) is 5.11. The number of carbonyl (C=O) groups excluding carboxylic acids is 1. The average molecular weight is 338 g/mol. The Morgan fingerprint density at radius 3 is 2.47 bits per heavy atom. The molecule has 0 radical (unpaired) electrons. The van der Waals surface area contributed by atoms with E-state index in [2.05, 4.69) is 31.9 Å². The van der Waals surface area contributed by atoms with Crippen LogP contribution in [0.4, 0.5) is 0 Å². The van der Waals surface area contributed by atoms with Crippen LogP contribution in [0, 0.1) is 0 Å². The summed E-state index contributed by atoms with van der Waals surface area (Å²) in [5, 5.41) is 0. The van der Waals surface area contributed by atoms with Crippen LogP contribution >= 0.6 is 31.9 Å². The first-order valence-electron chi connectivity index (χ1n) is 4.37. The van der Waals surface area contributed by atoms with Gasteiger partial charge in [-0.15, -0.1) is 0 Å². The summed E-state index contributed by atoms with van der Waals surface area (Å²) in [7, 11) is 0. The Hall–Kier alpha value is -0.550. The predicted octanol–water partition coefficient (Wildman–Crippen LogP) is 3.15. The average Bonchev–Trinajstić information content (AvgIpc) is 2.17. The van der Waals surface area contributed by atoms with Crippen molar-refractivity contribution in [3.8, 4) is 5.75 Å². The molecule has 15 heavy (non-hydrogen) atoms. The van der Waals surface area contributed by atoms with Crippen LogP contribution in [0.2, 0.25) is 0 Å². The first kappa shape index (κ1) is 12.5. The lowest BCUT2D eigenvalue weighted by atomic mass is 10.3. The molecule has 0 aliphatic carbocycles. The predicted molar refractivity (Wildman–Crippen MR) is 64.0 cm³/mol. The first-order chi connectivity index (χ1) is 7.15. The zero-order valence-corrected chi connectivity index (χ0v) is 11.3. The second kappa shape index (κ2) is 6.12. The summed E-state index contributed by atoms with van der Waals surface area (Å²) in [6, 6.07) is 5.54. The number of para-hydroxylation sites is 1. The maximum Gasteiger partial charge on any atom is 0.344 e. The third-order valence-electron chi connectivity index (χ3n) is 1.56. The maximum atomic E-state index is 11.1. The molecule has 0 aromatic heterocycles. The summed E-state index contributed by atoms with van der Waals surface area (Å²) in [5.74, 6) is 0.228. The molecule has 0 spiro atoms. The van der Waals surface area contributed by atoms with Crippen LogP contribution in [-0.2, 0) is 9.53 Å². The first-order valence-corrected chi connectivity index (χ1v) is 5.96. The minimum absolute atomic E-state index is 0.0882. The van der Waals surface area contributed by atoms with Crippen molar-refractivity contribution < 1.29 is 14.3 Å². The number of hydrogen-bond donors (Lipinski definition) is 0. The van der Waals surface area contributed by atoms with Crippen LogP contribution < -0.4 is 4.74 Å². The van der Waals surface area contributed by atoms with Crippen molar-refractivity contribution in [1.82, 2.24) is 0 Å². The molecule has 0 aliphatic heterocycles. The van der Waals surface area contributed by atoms with Crippen molar-refractivity contribution in [2.24, 2.45) is 0 Å². The quantitative estimate of drug-likeness (QED) is 0.792. The number of esters is 1. The molecule has 0 aliphatic rings. The molecule has 0 unspecified atom stereocenters. The topological polar surface area (TPSA) is 35.5 Å². The maximum absolute atomic E-state index is 11.1. The fraction of sp³-hybridized carbons (Fsp3) is 0.300. The summed E-state index contributed by atoms with van der Waals surface area (Å²) < 4.78 is 11.6. The van der Waals surface area contributed by atoms with Crippen LogP contribution in [0.5, 0.6) is 5.75 Å². The third-order valence-corrected chi connectivity index (χ3v) is 2.81. The lowest BCUT2D eigenvalue weighted by Crippen LogP contribution is -2.14. The summed E-state index contributed by atoms with van der Waals surface area (Å²) >= 11 is 6.66. The van der Waals surface area contributed by atoms with Crippen molar-refractivity contribution in [2.45, 2.75) is 6.92 Å². The number of ether oxygens (including phenoxy) is 2. The largest absolute Gasteiger partial charge is 0.480 e. The van der Waals surface area contributed by atoms with Gasteiger partial charge < -0.3 is 9.47 Å². The minimum Gasteiger partial charge on any atom is -0.480 e. The Morgan fingerprint density at radius 2 is 1.93 bits per heavy atom. The zero-order valence-electron chi connectivity index (χ0n) is 8.13. The molecule has 0 heterocycles. The van der Waals surface area contributed by atoms with Gasteiger partial charge in [0, 0.05) is 0 Å². The van der Waals surface area contributed by atoms with E-state index in [9.17, 15) is 4.79 Å². The highest BCUT2D eigenvalue weighted by Gasteiger charge is 2.08. The van der Waals surface area contributed by atoms with Gasteiger partial charge in [0.2, 0.25) is 0 Å². The van der Waals surface area contributed by atoms with Gasteiger partial charge >= 0.3 is 5.97 Å². The van der Waals surface area contributed by atoms with Crippen molar-refractivity contribution in [3.05, 3.63) is 27.1 Å². The molecule has 3 nitrogen and oxygen atoms in total. The fourth-order valence-corrected chi connectivity index (χ4v) is 2.18. The SMILES string of the molecule is CCOC(=O)COc1c(Br)cccc1Br. The molecule has 0 saturated carbocycles. The lowest BCUT2D eigenvalue weighted by Gasteiger charge is -2.09. The second-order valence-electron chi connectivity index (χ2n) is 2.64. The highest BCUT2D eigenvalue weighted by molar-refractivity contribution is 9.11. The van der Waals surface area contributed by atoms with E-state index in [-0.39, 0.29) is 12.6 Å². The molecule has 0 amide bonds. The number of rotatable bonds is 4. The van der Waals surface area contributed by atoms with Gasteiger partial charge in [-0.05, 0) is 50.9 Å². The van der Waals surface area contributed by atoms with Crippen LogP contribution in [0.3, 0.4) is 0 Å². The van der Waals surface area contributed by atoms with Crippen molar-refractivity contribution in [1.29, 1.82) is 0 Å². The van der Waals surface area contributed by atoms with Crippen molar-refractivity contribution in [3.63, 3.8) is 0 Å². The van der Waals surface area contributed by atoms with E-state index >= 15 is 0 Å². The Labute approximate surface area is 105 Å². The molecule has 0 bridgehead atoms. The summed E-state index contributed by atoms with van der Waals surface area (Å²) in [4.78, 5) is 11.1. The van der Waals surface area contributed by atoms with Gasteiger partial charge in [0.25, 0.3) is 0 Å². The Bertz CT molecular complexity index is 332. The molecule has 1 rings (SSSR count). The molecule has 0 N–H and O–H groups in total. The number of carbonyl (C=O) groups is 1. The lowest BCUT2D eigenvalue weighted by molar-refractivity contribution is -0.145. The van der Waals surface area contributed by atoms with Crippen molar-refractivity contribution >= 4 is 37.8 Å². The fourth-order valence-electron chi connectivity index (χ4n) is 0.954. The molecule has 0 saturated heterocycles. The van der Waals surface area contributed by atoms with E-state index in [1.165, 1.54) is 0 Å². The Morgan fingerprint density at radius 1 is 1.33 bits per heavy atom. The highest BCUT2D eigenvalue weighted by atomic mass is 79.9. The molecular weight excluding hydrogens is 328 g/mol. The van der Waals surface area contributed by atoms with E-state index in [1.807, 2.05) is 18.2 Å².